The van der Waals surface area contributed by atoms with Gasteiger partial charge in [-0.15, -0.1) is 0 Å². The Kier molecular flexibility index (Phi) is 6.91. The molecule has 0 N–H and O–H groups in total. The van der Waals surface area contributed by atoms with Crippen molar-refractivity contribution >= 4 is 28.7 Å². The van der Waals surface area contributed by atoms with E-state index in [0.717, 1.165) is 47.3 Å². The Morgan fingerprint density at radius 2 is 1.78 bits per heavy atom. The van der Waals surface area contributed by atoms with E-state index >= 15 is 0 Å². The van der Waals surface area contributed by atoms with Crippen molar-refractivity contribution in [1.82, 2.24) is 0 Å². The predicted molar refractivity (Wildman–Crippen MR) is 125 cm³/mol. The maximum atomic E-state index is 14.4. The fourth-order valence-corrected chi connectivity index (χ4v) is 4.23. The van der Waals surface area contributed by atoms with Gasteiger partial charge in [0.25, 0.3) is 0 Å². The molecular formula is C27H24ClFO3. The number of ether oxygens (including phenoxy) is 2. The molecule has 1 aliphatic carbocycles. The largest absolute Gasteiger partial charge is 0.488 e. The Bertz CT molecular complexity index is 1150. The molecule has 164 valence electrons. The van der Waals surface area contributed by atoms with Gasteiger partial charge in [-0.3, -0.25) is 0 Å². The Morgan fingerprint density at radius 1 is 1.00 bits per heavy atom. The van der Waals surface area contributed by atoms with Gasteiger partial charge >= 0.3 is 5.97 Å². The summed E-state index contributed by atoms with van der Waals surface area (Å²) in [5.74, 6) is -0.256. The van der Waals surface area contributed by atoms with Crippen molar-refractivity contribution < 1.29 is 18.7 Å². The van der Waals surface area contributed by atoms with E-state index in [4.69, 9.17) is 21.1 Å². The molecule has 32 heavy (non-hydrogen) atoms. The number of hydrogen-bond donors (Lipinski definition) is 0. The standard InChI is InChI=1S/C27H24ClFO3/c1-2-31-27(30)20-13-19(14-22(29)15-20)23-9-6-10-24(23)25-16-21(28)11-12-26(25)32-17-18-7-4-3-5-8-18/h3-5,7-8,11-16H,2,6,9-10,17H2,1H3. The van der Waals surface area contributed by atoms with Crippen LogP contribution in [0.2, 0.25) is 5.02 Å². The molecule has 0 amide bonds. The Labute approximate surface area is 192 Å². The molecule has 0 heterocycles. The van der Waals surface area contributed by atoms with E-state index in [1.54, 1.807) is 13.0 Å². The highest BCUT2D eigenvalue weighted by atomic mass is 35.5. The minimum Gasteiger partial charge on any atom is -0.488 e. The second-order valence-electron chi connectivity index (χ2n) is 7.67. The molecule has 4 rings (SSSR count). The van der Waals surface area contributed by atoms with Gasteiger partial charge < -0.3 is 9.47 Å². The van der Waals surface area contributed by atoms with E-state index in [2.05, 4.69) is 0 Å². The van der Waals surface area contributed by atoms with Crippen molar-refractivity contribution in [2.24, 2.45) is 0 Å². The van der Waals surface area contributed by atoms with Gasteiger partial charge in [0.2, 0.25) is 0 Å². The average molecular weight is 451 g/mol. The van der Waals surface area contributed by atoms with Crippen molar-refractivity contribution in [3.63, 3.8) is 0 Å². The lowest BCUT2D eigenvalue weighted by molar-refractivity contribution is 0.0525. The highest BCUT2D eigenvalue weighted by Gasteiger charge is 2.22. The van der Waals surface area contributed by atoms with Gasteiger partial charge in [0, 0.05) is 10.6 Å². The van der Waals surface area contributed by atoms with Gasteiger partial charge in [0.05, 0.1) is 12.2 Å². The number of allylic oxidation sites excluding steroid dienone is 2. The molecule has 0 aliphatic heterocycles. The van der Waals surface area contributed by atoms with Gasteiger partial charge in [-0.05, 0) is 84.9 Å². The van der Waals surface area contributed by atoms with Crippen LogP contribution < -0.4 is 4.74 Å². The molecule has 1 aliphatic rings. The fourth-order valence-electron chi connectivity index (χ4n) is 4.05. The number of esters is 1. The van der Waals surface area contributed by atoms with Gasteiger partial charge in [-0.1, -0.05) is 41.9 Å². The first-order chi connectivity index (χ1) is 15.5. The number of halogens is 2. The van der Waals surface area contributed by atoms with Crippen LogP contribution in [0.15, 0.2) is 66.7 Å². The van der Waals surface area contributed by atoms with Gasteiger partial charge in [0.15, 0.2) is 0 Å². The molecule has 0 spiro atoms. The molecule has 3 aromatic rings. The molecule has 0 aromatic heterocycles. The summed E-state index contributed by atoms with van der Waals surface area (Å²) < 4.78 is 25.6. The average Bonchev–Trinajstić information content (AvgIpc) is 3.28. The molecule has 0 saturated heterocycles. The summed E-state index contributed by atoms with van der Waals surface area (Å²) in [6.07, 6.45) is 2.54. The van der Waals surface area contributed by atoms with Gasteiger partial charge in [-0.25, -0.2) is 9.18 Å². The number of carbonyl (C=O) groups is 1. The Balaban J connectivity index is 1.73. The zero-order valence-corrected chi connectivity index (χ0v) is 18.6. The highest BCUT2D eigenvalue weighted by Crippen LogP contribution is 2.44. The smallest absolute Gasteiger partial charge is 0.338 e. The zero-order chi connectivity index (χ0) is 22.5. The van der Waals surface area contributed by atoms with Crippen molar-refractivity contribution in [3.05, 3.63) is 99.8 Å². The van der Waals surface area contributed by atoms with Crippen LogP contribution in [0.25, 0.3) is 11.1 Å². The first-order valence-corrected chi connectivity index (χ1v) is 11.1. The van der Waals surface area contributed by atoms with E-state index in [1.807, 2.05) is 48.5 Å². The van der Waals surface area contributed by atoms with Crippen LogP contribution in [-0.2, 0) is 11.3 Å². The van der Waals surface area contributed by atoms with E-state index < -0.39 is 11.8 Å². The van der Waals surface area contributed by atoms with Crippen LogP contribution in [0.5, 0.6) is 5.75 Å². The van der Waals surface area contributed by atoms with E-state index in [-0.39, 0.29) is 12.2 Å². The third kappa shape index (κ3) is 5.03. The van der Waals surface area contributed by atoms with Crippen LogP contribution in [0.3, 0.4) is 0 Å². The maximum Gasteiger partial charge on any atom is 0.338 e. The molecule has 0 atom stereocenters. The lowest BCUT2D eigenvalue weighted by Gasteiger charge is -2.16. The van der Waals surface area contributed by atoms with E-state index in [0.29, 0.717) is 17.2 Å². The summed E-state index contributed by atoms with van der Waals surface area (Å²) in [7, 11) is 0. The van der Waals surface area contributed by atoms with Crippen LogP contribution >= 0.6 is 11.6 Å². The number of benzene rings is 3. The molecular weight excluding hydrogens is 427 g/mol. The number of rotatable bonds is 7. The van der Waals surface area contributed by atoms with E-state index in [9.17, 15) is 9.18 Å². The Morgan fingerprint density at radius 3 is 2.56 bits per heavy atom. The van der Waals surface area contributed by atoms with Crippen molar-refractivity contribution in [2.45, 2.75) is 32.8 Å². The summed E-state index contributed by atoms with van der Waals surface area (Å²) in [5, 5.41) is 0.609. The lowest BCUT2D eigenvalue weighted by Crippen LogP contribution is -2.06. The minimum absolute atomic E-state index is 0.215. The van der Waals surface area contributed by atoms with Crippen molar-refractivity contribution in [1.29, 1.82) is 0 Å². The topological polar surface area (TPSA) is 35.5 Å². The molecule has 0 unspecified atom stereocenters. The molecule has 5 heteroatoms. The third-order valence-corrected chi connectivity index (χ3v) is 5.71. The molecule has 0 fully saturated rings. The third-order valence-electron chi connectivity index (χ3n) is 5.48. The molecule has 3 nitrogen and oxygen atoms in total. The fraction of sp³-hybridized carbons (Fsp3) is 0.222. The van der Waals surface area contributed by atoms with Gasteiger partial charge in [0.1, 0.15) is 18.2 Å². The summed E-state index contributed by atoms with van der Waals surface area (Å²) in [6.45, 7) is 2.40. The Hall–Kier alpha value is -3.11. The summed E-state index contributed by atoms with van der Waals surface area (Å²) >= 11 is 6.33. The monoisotopic (exact) mass is 450 g/mol. The molecule has 0 saturated carbocycles. The van der Waals surface area contributed by atoms with Crippen LogP contribution in [-0.4, -0.2) is 12.6 Å². The summed E-state index contributed by atoms with van der Waals surface area (Å²) in [5.41, 5.74) is 4.95. The maximum absolute atomic E-state index is 14.4. The number of carbonyl (C=O) groups excluding carboxylic acids is 1. The highest BCUT2D eigenvalue weighted by molar-refractivity contribution is 6.30. The van der Waals surface area contributed by atoms with Crippen molar-refractivity contribution in [2.75, 3.05) is 6.61 Å². The second kappa shape index (κ2) is 10.0. The summed E-state index contributed by atoms with van der Waals surface area (Å²) in [4.78, 5) is 12.2. The quantitative estimate of drug-likeness (QED) is 0.353. The van der Waals surface area contributed by atoms with Crippen LogP contribution in [0, 0.1) is 5.82 Å². The summed E-state index contributed by atoms with van der Waals surface area (Å²) in [6, 6.07) is 19.9. The zero-order valence-electron chi connectivity index (χ0n) is 17.9. The SMILES string of the molecule is CCOC(=O)c1cc(F)cc(C2=C(c3cc(Cl)ccc3OCc3ccccc3)CCC2)c1. The van der Waals surface area contributed by atoms with Gasteiger partial charge in [-0.2, -0.15) is 0 Å². The second-order valence-corrected chi connectivity index (χ2v) is 8.11. The molecule has 0 bridgehead atoms. The van der Waals surface area contributed by atoms with Crippen LogP contribution in [0.1, 0.15) is 53.2 Å². The van der Waals surface area contributed by atoms with E-state index in [1.165, 1.54) is 12.1 Å². The molecule has 0 radical (unpaired) electrons. The predicted octanol–water partition coefficient (Wildman–Crippen LogP) is 7.33. The normalized spacial score (nSPS) is 13.3. The minimum atomic E-state index is -0.525. The first-order valence-electron chi connectivity index (χ1n) is 10.7. The molecule has 3 aromatic carbocycles. The first kappa shape index (κ1) is 22.1. The van der Waals surface area contributed by atoms with Crippen molar-refractivity contribution in [3.8, 4) is 5.75 Å². The van der Waals surface area contributed by atoms with Crippen LogP contribution in [0.4, 0.5) is 4.39 Å². The number of hydrogen-bond acceptors (Lipinski definition) is 3. The lowest BCUT2D eigenvalue weighted by atomic mass is 9.95.